The van der Waals surface area contributed by atoms with E-state index in [0.29, 0.717) is 39.0 Å². The molecule has 0 aromatic heterocycles. The molecule has 2 nitrogen and oxygen atoms in total. The molecule has 0 atom stereocenters. The Kier molecular flexibility index (Phi) is 7.18. The van der Waals surface area contributed by atoms with Crippen molar-refractivity contribution in [1.29, 1.82) is 0 Å². The number of ether oxygens (including phenoxy) is 1. The van der Waals surface area contributed by atoms with E-state index in [1.54, 1.807) is 12.1 Å². The van der Waals surface area contributed by atoms with E-state index in [1.165, 1.54) is 0 Å². The fourth-order valence-electron chi connectivity index (χ4n) is 2.40. The second-order valence-corrected chi connectivity index (χ2v) is 8.33. The highest BCUT2D eigenvalue weighted by Gasteiger charge is 2.11. The Labute approximate surface area is 186 Å². The van der Waals surface area contributed by atoms with Crippen molar-refractivity contribution in [2.45, 2.75) is 13.2 Å². The zero-order valence-electron chi connectivity index (χ0n) is 13.9. The predicted octanol–water partition coefficient (Wildman–Crippen LogP) is 8.25. The summed E-state index contributed by atoms with van der Waals surface area (Å²) in [6, 6.07) is 16.9. The van der Waals surface area contributed by atoms with Crippen molar-refractivity contribution in [1.82, 2.24) is 0 Å². The Morgan fingerprint density at radius 2 is 1.41 bits per heavy atom. The van der Waals surface area contributed by atoms with E-state index in [9.17, 15) is 0 Å². The molecule has 0 unspecified atom stereocenters. The summed E-state index contributed by atoms with van der Waals surface area (Å²) in [4.78, 5) is 0. The van der Waals surface area contributed by atoms with Crippen molar-refractivity contribution in [3.63, 3.8) is 0 Å². The van der Waals surface area contributed by atoms with Gasteiger partial charge in [-0.15, -0.1) is 0 Å². The molecule has 0 fully saturated rings. The van der Waals surface area contributed by atoms with Crippen LogP contribution in [-0.4, -0.2) is 0 Å². The van der Waals surface area contributed by atoms with Gasteiger partial charge in [0.05, 0.1) is 20.1 Å². The van der Waals surface area contributed by atoms with Gasteiger partial charge in [-0.2, -0.15) is 0 Å². The van der Waals surface area contributed by atoms with Gasteiger partial charge in [0.25, 0.3) is 0 Å². The van der Waals surface area contributed by atoms with Gasteiger partial charge in [-0.1, -0.05) is 74.5 Å². The first kappa shape index (κ1) is 20.6. The summed E-state index contributed by atoms with van der Waals surface area (Å²) < 4.78 is 6.82. The molecule has 0 amide bonds. The third-order valence-electron chi connectivity index (χ3n) is 3.77. The molecule has 3 aromatic rings. The van der Waals surface area contributed by atoms with Crippen LogP contribution in [0.5, 0.6) is 5.75 Å². The third-order valence-corrected chi connectivity index (χ3v) is 5.60. The van der Waals surface area contributed by atoms with Gasteiger partial charge < -0.3 is 10.1 Å². The van der Waals surface area contributed by atoms with Gasteiger partial charge in [0.1, 0.15) is 6.61 Å². The summed E-state index contributed by atoms with van der Waals surface area (Å²) in [6.45, 7) is 0.915. The summed E-state index contributed by atoms with van der Waals surface area (Å²) in [5, 5.41) is 5.20. The molecule has 0 aliphatic heterocycles. The van der Waals surface area contributed by atoms with Gasteiger partial charge in [-0.3, -0.25) is 0 Å². The predicted molar refractivity (Wildman–Crippen MR) is 119 cm³/mol. The van der Waals surface area contributed by atoms with Crippen molar-refractivity contribution < 1.29 is 4.74 Å². The summed E-state index contributed by atoms with van der Waals surface area (Å²) in [5.74, 6) is 0.472. The highest BCUT2D eigenvalue weighted by molar-refractivity contribution is 9.10. The van der Waals surface area contributed by atoms with Crippen LogP contribution < -0.4 is 10.1 Å². The normalized spacial score (nSPS) is 10.7. The molecule has 0 saturated heterocycles. The average molecular weight is 506 g/mol. The second-order valence-electron chi connectivity index (χ2n) is 5.79. The van der Waals surface area contributed by atoms with Crippen LogP contribution in [0.3, 0.4) is 0 Å². The molecule has 0 heterocycles. The van der Waals surface area contributed by atoms with Gasteiger partial charge in [-0.25, -0.2) is 0 Å². The highest BCUT2D eigenvalue weighted by Crippen LogP contribution is 2.35. The molecule has 0 aliphatic rings. The molecule has 1 N–H and O–H groups in total. The molecule has 0 radical (unpaired) electrons. The summed E-state index contributed by atoms with van der Waals surface area (Å²) in [5.41, 5.74) is 2.80. The molecule has 0 bridgehead atoms. The monoisotopic (exact) mass is 503 g/mol. The fraction of sp³-hybridized carbons (Fsp3) is 0.100. The van der Waals surface area contributed by atoms with E-state index in [-0.39, 0.29) is 0 Å². The van der Waals surface area contributed by atoms with Crippen LogP contribution in [0.1, 0.15) is 11.1 Å². The van der Waals surface area contributed by atoms with E-state index >= 15 is 0 Å². The summed E-state index contributed by atoms with van der Waals surface area (Å²) >= 11 is 28.1. The average Bonchev–Trinajstić information content (AvgIpc) is 2.63. The largest absolute Gasteiger partial charge is 0.486 e. The molecule has 7 heteroatoms. The number of benzene rings is 3. The van der Waals surface area contributed by atoms with E-state index in [2.05, 4.69) is 21.2 Å². The van der Waals surface area contributed by atoms with Gasteiger partial charge in [-0.05, 0) is 53.6 Å². The number of anilines is 1. The molecule has 0 saturated carbocycles. The van der Waals surface area contributed by atoms with Crippen LogP contribution in [0.4, 0.5) is 5.69 Å². The third kappa shape index (κ3) is 5.69. The van der Waals surface area contributed by atoms with Gasteiger partial charge >= 0.3 is 0 Å². The lowest BCUT2D eigenvalue weighted by atomic mass is 10.2. The molecule has 27 heavy (non-hydrogen) atoms. The van der Waals surface area contributed by atoms with E-state index in [1.807, 2.05) is 42.5 Å². The molecule has 3 rings (SSSR count). The Bertz CT molecular complexity index is 924. The SMILES string of the molecule is Clc1ccc(NCc2cc(Cl)c(OCc3ccc(Br)cc3)c(Cl)c2)cc1Cl. The summed E-state index contributed by atoms with van der Waals surface area (Å²) in [6.07, 6.45) is 0. The molecule has 0 spiro atoms. The molecule has 3 aromatic carbocycles. The minimum atomic E-state index is 0.383. The lowest BCUT2D eigenvalue weighted by Gasteiger charge is -2.13. The molecular weight excluding hydrogens is 492 g/mol. The van der Waals surface area contributed by atoms with Crippen molar-refractivity contribution in [3.8, 4) is 5.75 Å². The van der Waals surface area contributed by atoms with Crippen LogP contribution in [0.2, 0.25) is 20.1 Å². The Morgan fingerprint density at radius 3 is 2.04 bits per heavy atom. The smallest absolute Gasteiger partial charge is 0.156 e. The van der Waals surface area contributed by atoms with Gasteiger partial charge in [0.15, 0.2) is 5.75 Å². The summed E-state index contributed by atoms with van der Waals surface area (Å²) in [7, 11) is 0. The maximum absolute atomic E-state index is 6.37. The maximum atomic E-state index is 6.37. The maximum Gasteiger partial charge on any atom is 0.156 e. The van der Waals surface area contributed by atoms with Crippen LogP contribution in [0.15, 0.2) is 59.1 Å². The van der Waals surface area contributed by atoms with E-state index in [4.69, 9.17) is 51.1 Å². The van der Waals surface area contributed by atoms with Crippen LogP contribution in [0, 0.1) is 0 Å². The first-order valence-electron chi connectivity index (χ1n) is 7.96. The highest BCUT2D eigenvalue weighted by atomic mass is 79.9. The quantitative estimate of drug-likeness (QED) is 0.364. The first-order chi connectivity index (χ1) is 12.9. The van der Waals surface area contributed by atoms with Crippen molar-refractivity contribution in [2.24, 2.45) is 0 Å². The minimum absolute atomic E-state index is 0.383. The van der Waals surface area contributed by atoms with Crippen LogP contribution >= 0.6 is 62.3 Å². The Hall–Kier alpha value is -1.10. The van der Waals surface area contributed by atoms with Crippen LogP contribution in [0.25, 0.3) is 0 Å². The number of hydrogen-bond donors (Lipinski definition) is 1. The van der Waals surface area contributed by atoms with Gasteiger partial charge in [0.2, 0.25) is 0 Å². The zero-order valence-corrected chi connectivity index (χ0v) is 18.5. The number of halogens is 5. The Morgan fingerprint density at radius 1 is 0.741 bits per heavy atom. The zero-order chi connectivity index (χ0) is 19.4. The Balaban J connectivity index is 1.66. The van der Waals surface area contributed by atoms with E-state index < -0.39 is 0 Å². The molecule has 140 valence electrons. The van der Waals surface area contributed by atoms with Crippen molar-refractivity contribution >= 4 is 68.0 Å². The number of nitrogens with one attached hydrogen (secondary N) is 1. The van der Waals surface area contributed by atoms with Crippen molar-refractivity contribution in [2.75, 3.05) is 5.32 Å². The first-order valence-corrected chi connectivity index (χ1v) is 10.3. The fourth-order valence-corrected chi connectivity index (χ4v) is 3.60. The van der Waals surface area contributed by atoms with Gasteiger partial charge in [0, 0.05) is 16.7 Å². The van der Waals surface area contributed by atoms with E-state index in [0.717, 1.165) is 21.3 Å². The lowest BCUT2D eigenvalue weighted by molar-refractivity contribution is 0.306. The topological polar surface area (TPSA) is 21.3 Å². The van der Waals surface area contributed by atoms with Crippen LogP contribution in [-0.2, 0) is 13.2 Å². The number of rotatable bonds is 6. The number of hydrogen-bond acceptors (Lipinski definition) is 2. The lowest BCUT2D eigenvalue weighted by Crippen LogP contribution is -2.01. The standard InChI is InChI=1S/C20H14BrCl4NO/c21-14-3-1-12(2-4-14)11-27-20-18(24)7-13(8-19(20)25)10-26-15-5-6-16(22)17(23)9-15/h1-9,26H,10-11H2. The minimum Gasteiger partial charge on any atom is -0.486 e. The second kappa shape index (κ2) is 9.40. The molecular formula is C20H14BrCl4NO. The van der Waals surface area contributed by atoms with Crippen molar-refractivity contribution in [3.05, 3.63) is 90.3 Å². The molecule has 0 aliphatic carbocycles.